The Hall–Kier alpha value is -0.360. The van der Waals surface area contributed by atoms with E-state index < -0.39 is 6.23 Å². The fourth-order valence-corrected chi connectivity index (χ4v) is 6.42. The lowest BCUT2D eigenvalue weighted by atomic mass is 9.79. The van der Waals surface area contributed by atoms with Gasteiger partial charge in [0.2, 0.25) is 0 Å². The highest BCUT2D eigenvalue weighted by Gasteiger charge is 2.51. The molecule has 24 heavy (non-hydrogen) atoms. The molecule has 5 heteroatoms. The Morgan fingerprint density at radius 2 is 1.79 bits per heavy atom. The number of aliphatic hydroxyl groups is 1. The summed E-state index contributed by atoms with van der Waals surface area (Å²) in [5.74, 6) is 1.54. The molecule has 3 rings (SSSR count). The molecule has 0 spiro atoms. The summed E-state index contributed by atoms with van der Waals surface area (Å²) in [7, 11) is 1.70. The van der Waals surface area contributed by atoms with Gasteiger partial charge < -0.3 is 9.84 Å². The lowest BCUT2D eigenvalue weighted by Crippen LogP contribution is -2.61. The molecular weight excluding hydrogens is 338 g/mol. The van der Waals surface area contributed by atoms with Crippen molar-refractivity contribution in [2.24, 2.45) is 5.92 Å². The van der Waals surface area contributed by atoms with Crippen LogP contribution in [-0.2, 0) is 0 Å². The van der Waals surface area contributed by atoms with E-state index in [1.54, 1.807) is 7.11 Å². The van der Waals surface area contributed by atoms with Crippen molar-refractivity contribution in [3.63, 3.8) is 0 Å². The van der Waals surface area contributed by atoms with Crippen LogP contribution in [0.5, 0.6) is 5.75 Å². The highest BCUT2D eigenvalue weighted by atomic mass is 32.2. The predicted octanol–water partition coefficient (Wildman–Crippen LogP) is 4.37. The van der Waals surface area contributed by atoms with E-state index in [9.17, 15) is 5.11 Å². The molecule has 0 radical (unpaired) electrons. The van der Waals surface area contributed by atoms with Crippen molar-refractivity contribution in [3.8, 4) is 5.75 Å². The molecule has 2 aliphatic heterocycles. The Morgan fingerprint density at radius 1 is 1.12 bits per heavy atom. The Morgan fingerprint density at radius 3 is 2.38 bits per heavy atom. The first-order valence-electron chi connectivity index (χ1n) is 8.76. The number of methoxy groups -OCH3 is 1. The average Bonchev–Trinajstić information content (AvgIpc) is 2.63. The van der Waals surface area contributed by atoms with Crippen LogP contribution in [-0.4, -0.2) is 46.0 Å². The van der Waals surface area contributed by atoms with E-state index in [1.165, 1.54) is 18.4 Å². The summed E-state index contributed by atoms with van der Waals surface area (Å²) in [5, 5.41) is 11.3. The Labute approximate surface area is 154 Å². The molecule has 2 saturated heterocycles. The topological polar surface area (TPSA) is 32.7 Å². The van der Waals surface area contributed by atoms with Gasteiger partial charge in [-0.05, 0) is 61.8 Å². The van der Waals surface area contributed by atoms with Gasteiger partial charge in [0.25, 0.3) is 0 Å². The molecule has 1 unspecified atom stereocenters. The minimum absolute atomic E-state index is 0.113. The van der Waals surface area contributed by atoms with Crippen LogP contribution in [0.3, 0.4) is 0 Å². The Balaban J connectivity index is 1.93. The van der Waals surface area contributed by atoms with Gasteiger partial charge in [0.05, 0.1) is 11.2 Å². The van der Waals surface area contributed by atoms with Crippen molar-refractivity contribution in [1.29, 1.82) is 0 Å². The minimum atomic E-state index is -0.406. The molecule has 0 bridgehead atoms. The van der Waals surface area contributed by atoms with Crippen molar-refractivity contribution in [3.05, 3.63) is 29.8 Å². The van der Waals surface area contributed by atoms with Gasteiger partial charge in [-0.25, -0.2) is 0 Å². The van der Waals surface area contributed by atoms with Gasteiger partial charge in [0.1, 0.15) is 12.0 Å². The monoisotopic (exact) mass is 367 g/mol. The van der Waals surface area contributed by atoms with E-state index in [0.29, 0.717) is 18.0 Å². The van der Waals surface area contributed by atoms with Gasteiger partial charge in [0.15, 0.2) is 0 Å². The fourth-order valence-electron chi connectivity index (χ4n) is 4.44. The van der Waals surface area contributed by atoms with Gasteiger partial charge >= 0.3 is 0 Å². The molecule has 134 valence electrons. The van der Waals surface area contributed by atoms with Crippen LogP contribution in [0.15, 0.2) is 24.3 Å². The van der Waals surface area contributed by atoms with Crippen molar-refractivity contribution in [2.75, 3.05) is 19.6 Å². The third-order valence-electron chi connectivity index (χ3n) is 5.95. The lowest BCUT2D eigenvalue weighted by Gasteiger charge is -2.56. The van der Waals surface area contributed by atoms with Crippen LogP contribution in [0.2, 0.25) is 0 Å². The maximum Gasteiger partial charge on any atom is 0.132 e. The number of nitrogens with zero attached hydrogens (tertiary/aromatic N) is 1. The number of hydrogen-bond acceptors (Lipinski definition) is 5. The maximum absolute atomic E-state index is 11.3. The lowest BCUT2D eigenvalue weighted by molar-refractivity contribution is -0.119. The molecular formula is C19H29NO2S2. The summed E-state index contributed by atoms with van der Waals surface area (Å²) in [4.78, 5) is 2.42. The summed E-state index contributed by atoms with van der Waals surface area (Å²) in [6, 6.07) is 9.18. The molecule has 0 aromatic heterocycles. The second-order valence-electron chi connectivity index (χ2n) is 6.99. The number of aliphatic hydroxyl groups excluding tert-OH is 1. The highest BCUT2D eigenvalue weighted by molar-refractivity contribution is 8.17. The third kappa shape index (κ3) is 3.09. The number of rotatable bonds is 4. The van der Waals surface area contributed by atoms with E-state index >= 15 is 0 Å². The van der Waals surface area contributed by atoms with Crippen molar-refractivity contribution in [2.45, 2.75) is 55.0 Å². The van der Waals surface area contributed by atoms with Crippen LogP contribution < -0.4 is 4.74 Å². The zero-order valence-corrected chi connectivity index (χ0v) is 16.7. The SMILES string of the molecule is COc1ccc([C@@H]2CC[C@@H](C)[C@H]3CCC(SC)(SC)C(O)N32)cc1. The summed E-state index contributed by atoms with van der Waals surface area (Å²) in [5.41, 5.74) is 1.30. The smallest absolute Gasteiger partial charge is 0.132 e. The van der Waals surface area contributed by atoms with Crippen molar-refractivity contribution >= 4 is 23.5 Å². The minimum Gasteiger partial charge on any atom is -0.497 e. The van der Waals surface area contributed by atoms with Gasteiger partial charge in [-0.2, -0.15) is 0 Å². The molecule has 3 nitrogen and oxygen atoms in total. The molecule has 1 N–H and O–H groups in total. The second kappa shape index (κ2) is 7.48. The number of benzene rings is 1. The quantitative estimate of drug-likeness (QED) is 0.799. The van der Waals surface area contributed by atoms with Crippen molar-refractivity contribution in [1.82, 2.24) is 4.90 Å². The van der Waals surface area contributed by atoms with Crippen LogP contribution >= 0.6 is 23.5 Å². The van der Waals surface area contributed by atoms with Gasteiger partial charge in [-0.15, -0.1) is 23.5 Å². The predicted molar refractivity (Wildman–Crippen MR) is 105 cm³/mol. The van der Waals surface area contributed by atoms with Gasteiger partial charge in [-0.3, -0.25) is 4.90 Å². The van der Waals surface area contributed by atoms with Crippen LogP contribution in [0, 0.1) is 5.92 Å². The molecule has 1 aromatic rings. The van der Waals surface area contributed by atoms with Gasteiger partial charge in [-0.1, -0.05) is 19.1 Å². The summed E-state index contributed by atoms with van der Waals surface area (Å²) >= 11 is 3.63. The van der Waals surface area contributed by atoms with Crippen LogP contribution in [0.25, 0.3) is 0 Å². The van der Waals surface area contributed by atoms with Gasteiger partial charge in [0, 0.05) is 12.1 Å². The average molecular weight is 368 g/mol. The highest BCUT2D eigenvalue weighted by Crippen LogP contribution is 2.53. The van der Waals surface area contributed by atoms with E-state index in [-0.39, 0.29) is 4.08 Å². The van der Waals surface area contributed by atoms with Crippen molar-refractivity contribution < 1.29 is 9.84 Å². The fraction of sp³-hybridized carbons (Fsp3) is 0.684. The Kier molecular flexibility index (Phi) is 5.75. The molecule has 1 aromatic carbocycles. The number of piperidine rings is 2. The molecule has 2 heterocycles. The summed E-state index contributed by atoms with van der Waals surface area (Å²) in [6.45, 7) is 2.35. The molecule has 0 amide bonds. The third-order valence-corrected chi connectivity index (χ3v) is 9.16. The number of ether oxygens (including phenoxy) is 1. The van der Waals surface area contributed by atoms with E-state index in [1.807, 2.05) is 35.7 Å². The first-order valence-corrected chi connectivity index (χ1v) is 11.2. The summed E-state index contributed by atoms with van der Waals surface area (Å²) in [6.07, 6.45) is 8.46. The second-order valence-corrected chi connectivity index (χ2v) is 9.52. The van der Waals surface area contributed by atoms with E-state index in [2.05, 4.69) is 36.5 Å². The summed E-state index contributed by atoms with van der Waals surface area (Å²) < 4.78 is 5.19. The first kappa shape index (κ1) is 18.4. The molecule has 4 atom stereocenters. The molecule has 0 saturated carbocycles. The Bertz CT molecular complexity index is 547. The molecule has 2 aliphatic rings. The number of fused-ring (bicyclic) bond motifs is 1. The normalized spacial score (nSPS) is 33.0. The number of hydrogen-bond donors (Lipinski definition) is 1. The molecule has 0 aliphatic carbocycles. The first-order chi connectivity index (χ1) is 11.6. The standard InChI is InChI=1S/C19H29NO2S2/c1-13-5-10-17(14-6-8-15(22-2)9-7-14)20-16(13)11-12-19(23-3,24-4)18(20)21/h6-9,13,16-18,21H,5,10-12H2,1-4H3/t13-,16-,17+,18?/m1/s1. The van der Waals surface area contributed by atoms with E-state index in [4.69, 9.17) is 4.74 Å². The van der Waals surface area contributed by atoms with Crippen LogP contribution in [0.4, 0.5) is 0 Å². The zero-order chi connectivity index (χ0) is 17.3. The van der Waals surface area contributed by atoms with E-state index in [0.717, 1.165) is 18.6 Å². The number of thioether (sulfide) groups is 2. The van der Waals surface area contributed by atoms with Crippen LogP contribution in [0.1, 0.15) is 44.2 Å². The molecule has 2 fully saturated rings. The maximum atomic E-state index is 11.3. The largest absolute Gasteiger partial charge is 0.497 e. The zero-order valence-electron chi connectivity index (χ0n) is 15.1.